The largest absolute Gasteiger partial charge is 0.383 e. The Morgan fingerprint density at radius 1 is 1.14 bits per heavy atom. The molecule has 0 aliphatic rings. The van der Waals surface area contributed by atoms with Gasteiger partial charge in [-0.2, -0.15) is 5.26 Å². The molecule has 0 radical (unpaired) electrons. The summed E-state index contributed by atoms with van der Waals surface area (Å²) >= 11 is 0. The van der Waals surface area contributed by atoms with Gasteiger partial charge >= 0.3 is 0 Å². The van der Waals surface area contributed by atoms with Gasteiger partial charge in [0.1, 0.15) is 5.82 Å². The van der Waals surface area contributed by atoms with Crippen molar-refractivity contribution in [1.82, 2.24) is 20.3 Å². The van der Waals surface area contributed by atoms with Gasteiger partial charge in [0.25, 0.3) is 5.91 Å². The second kappa shape index (κ2) is 10.4. The molecule has 0 aliphatic carbocycles. The minimum absolute atomic E-state index is 0.185. The van der Waals surface area contributed by atoms with Gasteiger partial charge in [0.2, 0.25) is 0 Å². The smallest absolute Gasteiger partial charge is 0.251 e. The van der Waals surface area contributed by atoms with Crippen molar-refractivity contribution in [2.24, 2.45) is 0 Å². The third-order valence-corrected chi connectivity index (χ3v) is 5.52. The number of hydrogen-bond donors (Lipinski definition) is 2. The summed E-state index contributed by atoms with van der Waals surface area (Å²) in [5, 5.41) is 13.0. The van der Waals surface area contributed by atoms with Crippen molar-refractivity contribution in [2.75, 3.05) is 12.3 Å². The highest BCUT2D eigenvalue weighted by Gasteiger charge is 2.09. The van der Waals surface area contributed by atoms with E-state index < -0.39 is 0 Å². The molecule has 4 aromatic rings. The number of nitrogens with zero attached hydrogens (tertiary/aromatic N) is 4. The summed E-state index contributed by atoms with van der Waals surface area (Å²) in [7, 11) is 0. The highest BCUT2D eigenvalue weighted by molar-refractivity contribution is 5.94. The molecular weight excluding hydrogens is 436 g/mol. The first-order valence-electron chi connectivity index (χ1n) is 11.0. The number of pyridine rings is 3. The second-order valence-electron chi connectivity index (χ2n) is 8.15. The molecule has 0 saturated carbocycles. The van der Waals surface area contributed by atoms with Crippen LogP contribution < -0.4 is 11.1 Å². The Morgan fingerprint density at radius 3 is 2.77 bits per heavy atom. The summed E-state index contributed by atoms with van der Waals surface area (Å²) in [6, 6.07) is 14.9. The van der Waals surface area contributed by atoms with Crippen LogP contribution in [-0.2, 0) is 6.42 Å². The van der Waals surface area contributed by atoms with Crippen LogP contribution in [0.2, 0.25) is 0 Å². The minimum atomic E-state index is -0.185. The Kier molecular flexibility index (Phi) is 6.94. The molecule has 1 aromatic carbocycles. The molecule has 3 N–H and O–H groups in total. The maximum Gasteiger partial charge on any atom is 0.251 e. The van der Waals surface area contributed by atoms with E-state index in [9.17, 15) is 4.79 Å². The summed E-state index contributed by atoms with van der Waals surface area (Å²) in [5.41, 5.74) is 12.2. The third-order valence-electron chi connectivity index (χ3n) is 5.52. The Labute approximate surface area is 203 Å². The molecule has 7 nitrogen and oxygen atoms in total. The molecule has 35 heavy (non-hydrogen) atoms. The SMILES string of the molecule is C=Cc1c(/C=C(\C)CNC(=O)c2ccnc(Cc3cnc4ccc(C#N)cc4c3)c2)ccnc1N. The second-order valence-corrected chi connectivity index (χ2v) is 8.15. The number of nitriles is 1. The van der Waals surface area contributed by atoms with Gasteiger partial charge in [0.05, 0.1) is 17.1 Å². The topological polar surface area (TPSA) is 118 Å². The Morgan fingerprint density at radius 2 is 1.97 bits per heavy atom. The third kappa shape index (κ3) is 5.57. The lowest BCUT2D eigenvalue weighted by molar-refractivity contribution is 0.0957. The summed E-state index contributed by atoms with van der Waals surface area (Å²) in [6.45, 7) is 6.11. The number of nitrogens with two attached hydrogens (primary N) is 1. The minimum Gasteiger partial charge on any atom is -0.383 e. The van der Waals surface area contributed by atoms with Gasteiger partial charge in [-0.3, -0.25) is 14.8 Å². The number of carbonyl (C=O) groups is 1. The predicted molar refractivity (Wildman–Crippen MR) is 138 cm³/mol. The highest BCUT2D eigenvalue weighted by Crippen LogP contribution is 2.19. The van der Waals surface area contributed by atoms with E-state index in [-0.39, 0.29) is 5.91 Å². The molecule has 0 spiro atoms. The van der Waals surface area contributed by atoms with Crippen LogP contribution in [0, 0.1) is 11.3 Å². The molecule has 4 rings (SSSR count). The zero-order chi connectivity index (χ0) is 24.8. The van der Waals surface area contributed by atoms with E-state index >= 15 is 0 Å². The molecule has 0 saturated heterocycles. The van der Waals surface area contributed by atoms with Crippen molar-refractivity contribution >= 4 is 34.8 Å². The van der Waals surface area contributed by atoms with Crippen molar-refractivity contribution in [3.05, 3.63) is 107 Å². The molecule has 0 unspecified atom stereocenters. The fraction of sp³-hybridized carbons (Fsp3) is 0.107. The number of nitrogens with one attached hydrogen (secondary N) is 1. The Hall–Kier alpha value is -4.83. The summed E-state index contributed by atoms with van der Waals surface area (Å²) in [4.78, 5) is 25.7. The number of aromatic nitrogens is 3. The van der Waals surface area contributed by atoms with Gasteiger partial charge in [0, 0.05) is 53.8 Å². The molecule has 0 atom stereocenters. The summed E-state index contributed by atoms with van der Waals surface area (Å²) < 4.78 is 0. The van der Waals surface area contributed by atoms with E-state index in [0.717, 1.165) is 38.9 Å². The Bertz CT molecular complexity index is 1500. The maximum absolute atomic E-state index is 12.8. The molecule has 3 heterocycles. The van der Waals surface area contributed by atoms with Crippen LogP contribution in [0.15, 0.2) is 73.2 Å². The van der Waals surface area contributed by atoms with Gasteiger partial charge in [-0.15, -0.1) is 0 Å². The predicted octanol–water partition coefficient (Wildman–Crippen LogP) is 4.55. The lowest BCUT2D eigenvalue weighted by atomic mass is 10.1. The molecule has 7 heteroatoms. The van der Waals surface area contributed by atoms with Crippen molar-refractivity contribution in [3.63, 3.8) is 0 Å². The number of fused-ring (bicyclic) bond motifs is 1. The average molecular weight is 461 g/mol. The molecule has 172 valence electrons. The number of amides is 1. The van der Waals surface area contributed by atoms with Crippen molar-refractivity contribution in [3.8, 4) is 6.07 Å². The zero-order valence-electron chi connectivity index (χ0n) is 19.3. The normalized spacial score (nSPS) is 11.1. The molecular formula is C28H24N6O. The first kappa shape index (κ1) is 23.3. The van der Waals surface area contributed by atoms with Crippen LogP contribution >= 0.6 is 0 Å². The van der Waals surface area contributed by atoms with Crippen LogP contribution in [0.5, 0.6) is 0 Å². The van der Waals surface area contributed by atoms with Crippen molar-refractivity contribution in [1.29, 1.82) is 5.26 Å². The summed E-state index contributed by atoms with van der Waals surface area (Å²) in [5.74, 6) is 0.233. The molecule has 0 bridgehead atoms. The molecule has 0 aliphatic heterocycles. The Balaban J connectivity index is 1.45. The van der Waals surface area contributed by atoms with E-state index in [2.05, 4.69) is 32.9 Å². The number of hydrogen-bond acceptors (Lipinski definition) is 6. The fourth-order valence-corrected chi connectivity index (χ4v) is 3.76. The van der Waals surface area contributed by atoms with E-state index in [0.29, 0.717) is 29.9 Å². The number of carbonyl (C=O) groups excluding carboxylic acids is 1. The fourth-order valence-electron chi connectivity index (χ4n) is 3.76. The van der Waals surface area contributed by atoms with Gasteiger partial charge in [-0.05, 0) is 60.5 Å². The monoisotopic (exact) mass is 460 g/mol. The van der Waals surface area contributed by atoms with Crippen LogP contribution in [0.4, 0.5) is 5.82 Å². The van der Waals surface area contributed by atoms with Gasteiger partial charge in [0.15, 0.2) is 0 Å². The number of anilines is 1. The van der Waals surface area contributed by atoms with Gasteiger partial charge in [-0.1, -0.05) is 24.3 Å². The highest BCUT2D eigenvalue weighted by atomic mass is 16.1. The first-order chi connectivity index (χ1) is 17.0. The van der Waals surface area contributed by atoms with Crippen LogP contribution in [0.25, 0.3) is 23.1 Å². The standard InChI is InChI=1S/C28H24N6O/c1-3-25-21(6-9-32-27(25)30)10-18(2)16-34-28(35)22-7-8-31-24(14-22)13-20-12-23-11-19(15-29)4-5-26(23)33-17-20/h3-12,14,17H,1,13,16H2,2H3,(H2,30,32)(H,34,35)/b18-10+. The number of rotatable bonds is 7. The summed E-state index contributed by atoms with van der Waals surface area (Å²) in [6.07, 6.45) is 9.22. The average Bonchev–Trinajstić information content (AvgIpc) is 2.87. The maximum atomic E-state index is 12.8. The van der Waals surface area contributed by atoms with Gasteiger partial charge < -0.3 is 11.1 Å². The van der Waals surface area contributed by atoms with E-state index in [4.69, 9.17) is 11.0 Å². The molecule has 0 fully saturated rings. The van der Waals surface area contributed by atoms with Crippen molar-refractivity contribution < 1.29 is 4.79 Å². The van der Waals surface area contributed by atoms with E-state index in [1.807, 2.05) is 37.3 Å². The lowest BCUT2D eigenvalue weighted by Gasteiger charge is -2.09. The van der Waals surface area contributed by atoms with Crippen LogP contribution in [-0.4, -0.2) is 27.4 Å². The zero-order valence-corrected chi connectivity index (χ0v) is 19.3. The molecule has 1 amide bonds. The quantitative estimate of drug-likeness (QED) is 0.418. The van der Waals surface area contributed by atoms with Crippen LogP contribution in [0.1, 0.15) is 45.2 Å². The lowest BCUT2D eigenvalue weighted by Crippen LogP contribution is -2.25. The number of benzene rings is 1. The number of nitrogen functional groups attached to an aromatic ring is 1. The van der Waals surface area contributed by atoms with Crippen LogP contribution in [0.3, 0.4) is 0 Å². The molecule has 3 aromatic heterocycles. The first-order valence-corrected chi connectivity index (χ1v) is 11.0. The van der Waals surface area contributed by atoms with E-state index in [1.54, 1.807) is 42.9 Å². The van der Waals surface area contributed by atoms with Gasteiger partial charge in [-0.25, -0.2) is 4.98 Å². The van der Waals surface area contributed by atoms with E-state index in [1.165, 1.54) is 0 Å². The van der Waals surface area contributed by atoms with Crippen molar-refractivity contribution in [2.45, 2.75) is 13.3 Å².